The number of carbonyl (C=O) groups is 1. The fourth-order valence-corrected chi connectivity index (χ4v) is 2.45. The lowest BCUT2D eigenvalue weighted by molar-refractivity contribution is -0.121. The van der Waals surface area contributed by atoms with E-state index in [-0.39, 0.29) is 5.91 Å². The molecule has 0 aliphatic carbocycles. The van der Waals surface area contributed by atoms with Gasteiger partial charge in [-0.25, -0.2) is 0 Å². The zero-order valence-corrected chi connectivity index (χ0v) is 11.6. The first-order valence-electron chi connectivity index (χ1n) is 5.88. The zero-order chi connectivity index (χ0) is 13.4. The second-order valence-corrected chi connectivity index (χ2v) is 5.07. The molecule has 0 saturated heterocycles. The van der Waals surface area contributed by atoms with Gasteiger partial charge in [-0.3, -0.25) is 9.69 Å². The summed E-state index contributed by atoms with van der Waals surface area (Å²) in [6.45, 7) is 4.13. The molecule has 1 rings (SSSR count). The number of carbonyl (C=O) groups excluding carboxylic acids is 1. The highest BCUT2D eigenvalue weighted by atomic mass is 32.1. The number of nitrogens with one attached hydrogen (secondary N) is 1. The Kier molecular flexibility index (Phi) is 6.44. The molecule has 1 heterocycles. The molecule has 5 heteroatoms. The summed E-state index contributed by atoms with van der Waals surface area (Å²) in [5, 5.41) is 2.78. The van der Waals surface area contributed by atoms with E-state index in [9.17, 15) is 4.79 Å². The molecule has 0 atom stereocenters. The second-order valence-electron chi connectivity index (χ2n) is 3.90. The first-order chi connectivity index (χ1) is 8.65. The molecular formula is C13H19N3OS. The largest absolute Gasteiger partial charge is 0.355 e. The Hall–Kier alpha value is -1.35. The third-order valence-corrected chi connectivity index (χ3v) is 3.17. The van der Waals surface area contributed by atoms with Gasteiger partial charge in [0.15, 0.2) is 0 Å². The van der Waals surface area contributed by atoms with Crippen LogP contribution in [0.4, 0.5) is 0 Å². The van der Waals surface area contributed by atoms with Gasteiger partial charge in [0, 0.05) is 18.0 Å². The SMILES string of the molecule is CCNC(=O)CN(C)Cc1ccc(C#CCN)s1. The monoisotopic (exact) mass is 265 g/mol. The number of likely N-dealkylation sites (N-methyl/N-ethyl adjacent to an activating group) is 2. The van der Waals surface area contributed by atoms with Gasteiger partial charge in [-0.05, 0) is 26.1 Å². The average Bonchev–Trinajstić information content (AvgIpc) is 2.74. The first-order valence-corrected chi connectivity index (χ1v) is 6.70. The molecule has 0 aliphatic rings. The standard InChI is InChI=1S/C13H19N3OS/c1-3-15-13(17)10-16(2)9-12-7-6-11(18-12)5-4-8-14/h6-7H,3,8-10,14H2,1-2H3,(H,15,17). The van der Waals surface area contributed by atoms with Crippen LogP contribution < -0.4 is 11.1 Å². The molecule has 0 unspecified atom stereocenters. The summed E-state index contributed by atoms with van der Waals surface area (Å²) in [4.78, 5) is 15.6. The molecule has 0 aromatic carbocycles. The third-order valence-electron chi connectivity index (χ3n) is 2.19. The van der Waals surface area contributed by atoms with Gasteiger partial charge in [0.25, 0.3) is 0 Å². The average molecular weight is 265 g/mol. The van der Waals surface area contributed by atoms with Crippen molar-refractivity contribution in [2.45, 2.75) is 13.5 Å². The number of nitrogens with two attached hydrogens (primary N) is 1. The van der Waals surface area contributed by atoms with Crippen LogP contribution in [0.5, 0.6) is 0 Å². The molecule has 0 radical (unpaired) electrons. The fourth-order valence-electron chi connectivity index (χ4n) is 1.49. The van der Waals surface area contributed by atoms with E-state index < -0.39 is 0 Å². The normalized spacial score (nSPS) is 10.0. The van der Waals surface area contributed by atoms with Crippen LogP contribution in [0, 0.1) is 11.8 Å². The van der Waals surface area contributed by atoms with Crippen LogP contribution in [-0.2, 0) is 11.3 Å². The molecular weight excluding hydrogens is 246 g/mol. The molecule has 3 N–H and O–H groups in total. The van der Waals surface area contributed by atoms with Crippen molar-refractivity contribution in [2.24, 2.45) is 5.73 Å². The summed E-state index contributed by atoms with van der Waals surface area (Å²) in [6.07, 6.45) is 0. The Morgan fingerprint density at radius 3 is 3.00 bits per heavy atom. The van der Waals surface area contributed by atoms with E-state index in [2.05, 4.69) is 17.2 Å². The Morgan fingerprint density at radius 1 is 1.56 bits per heavy atom. The Morgan fingerprint density at radius 2 is 2.33 bits per heavy atom. The van der Waals surface area contributed by atoms with Crippen LogP contribution >= 0.6 is 11.3 Å². The van der Waals surface area contributed by atoms with Crippen molar-refractivity contribution in [3.05, 3.63) is 21.9 Å². The van der Waals surface area contributed by atoms with Crippen molar-refractivity contribution >= 4 is 17.2 Å². The molecule has 1 aromatic rings. The topological polar surface area (TPSA) is 58.4 Å². The fraction of sp³-hybridized carbons (Fsp3) is 0.462. The van der Waals surface area contributed by atoms with Crippen LogP contribution in [0.25, 0.3) is 0 Å². The molecule has 0 saturated carbocycles. The van der Waals surface area contributed by atoms with Crippen molar-refractivity contribution in [3.8, 4) is 11.8 Å². The predicted octanol–water partition coefficient (Wildman–Crippen LogP) is 0.626. The number of nitrogens with zero attached hydrogens (tertiary/aromatic N) is 1. The van der Waals surface area contributed by atoms with Gasteiger partial charge >= 0.3 is 0 Å². The summed E-state index contributed by atoms with van der Waals surface area (Å²) >= 11 is 1.64. The minimum absolute atomic E-state index is 0.0553. The quantitative estimate of drug-likeness (QED) is 0.768. The number of hydrogen-bond acceptors (Lipinski definition) is 4. The zero-order valence-electron chi connectivity index (χ0n) is 10.8. The van der Waals surface area contributed by atoms with Gasteiger partial charge in [-0.15, -0.1) is 11.3 Å². The number of rotatable bonds is 5. The lowest BCUT2D eigenvalue weighted by Gasteiger charge is -2.14. The maximum absolute atomic E-state index is 11.4. The highest BCUT2D eigenvalue weighted by Crippen LogP contribution is 2.16. The lowest BCUT2D eigenvalue weighted by atomic mass is 10.4. The Labute approximate surface area is 112 Å². The highest BCUT2D eigenvalue weighted by Gasteiger charge is 2.07. The van der Waals surface area contributed by atoms with Gasteiger partial charge in [-0.2, -0.15) is 0 Å². The van der Waals surface area contributed by atoms with Crippen LogP contribution in [0.3, 0.4) is 0 Å². The van der Waals surface area contributed by atoms with Gasteiger partial charge in [-0.1, -0.05) is 11.8 Å². The molecule has 98 valence electrons. The molecule has 0 spiro atoms. The summed E-state index contributed by atoms with van der Waals surface area (Å²) in [6, 6.07) is 4.03. The van der Waals surface area contributed by atoms with Crippen molar-refractivity contribution in [3.63, 3.8) is 0 Å². The molecule has 1 aromatic heterocycles. The molecule has 0 fully saturated rings. The predicted molar refractivity (Wildman–Crippen MR) is 75.3 cm³/mol. The number of amides is 1. The van der Waals surface area contributed by atoms with E-state index in [1.807, 2.05) is 31.0 Å². The van der Waals surface area contributed by atoms with Gasteiger partial charge in [0.2, 0.25) is 5.91 Å². The van der Waals surface area contributed by atoms with E-state index >= 15 is 0 Å². The number of thiophene rings is 1. The van der Waals surface area contributed by atoms with Crippen LogP contribution in [-0.4, -0.2) is 37.5 Å². The summed E-state index contributed by atoms with van der Waals surface area (Å²) in [5.74, 6) is 5.89. The lowest BCUT2D eigenvalue weighted by Crippen LogP contribution is -2.34. The van der Waals surface area contributed by atoms with Crippen molar-refractivity contribution in [2.75, 3.05) is 26.7 Å². The van der Waals surface area contributed by atoms with E-state index in [0.29, 0.717) is 19.6 Å². The Bertz CT molecular complexity index is 445. The van der Waals surface area contributed by atoms with Gasteiger partial charge in [0.1, 0.15) is 0 Å². The summed E-state index contributed by atoms with van der Waals surface area (Å²) < 4.78 is 0. The smallest absolute Gasteiger partial charge is 0.234 e. The molecule has 4 nitrogen and oxygen atoms in total. The molecule has 0 bridgehead atoms. The van der Waals surface area contributed by atoms with E-state index in [1.54, 1.807) is 11.3 Å². The highest BCUT2D eigenvalue weighted by molar-refractivity contribution is 7.12. The van der Waals surface area contributed by atoms with Gasteiger partial charge < -0.3 is 11.1 Å². The molecule has 0 aliphatic heterocycles. The van der Waals surface area contributed by atoms with Crippen LogP contribution in [0.15, 0.2) is 12.1 Å². The summed E-state index contributed by atoms with van der Waals surface area (Å²) in [7, 11) is 1.93. The van der Waals surface area contributed by atoms with Crippen molar-refractivity contribution in [1.82, 2.24) is 10.2 Å². The first kappa shape index (κ1) is 14.7. The van der Waals surface area contributed by atoms with Crippen molar-refractivity contribution in [1.29, 1.82) is 0 Å². The van der Waals surface area contributed by atoms with E-state index in [4.69, 9.17) is 5.73 Å². The van der Waals surface area contributed by atoms with Crippen LogP contribution in [0.1, 0.15) is 16.7 Å². The number of hydrogen-bond donors (Lipinski definition) is 2. The van der Waals surface area contributed by atoms with Gasteiger partial charge in [0.05, 0.1) is 18.0 Å². The molecule has 1 amide bonds. The minimum Gasteiger partial charge on any atom is -0.355 e. The third kappa shape index (κ3) is 5.32. The summed E-state index contributed by atoms with van der Waals surface area (Å²) in [5.41, 5.74) is 5.33. The minimum atomic E-state index is 0.0553. The van der Waals surface area contributed by atoms with Crippen molar-refractivity contribution < 1.29 is 4.79 Å². The van der Waals surface area contributed by atoms with E-state index in [0.717, 1.165) is 11.4 Å². The van der Waals surface area contributed by atoms with Crippen LogP contribution in [0.2, 0.25) is 0 Å². The second kappa shape index (κ2) is 7.88. The molecule has 18 heavy (non-hydrogen) atoms. The maximum atomic E-state index is 11.4. The Balaban J connectivity index is 2.46. The maximum Gasteiger partial charge on any atom is 0.234 e. The van der Waals surface area contributed by atoms with E-state index in [1.165, 1.54) is 4.88 Å².